The molecule has 0 aromatic heterocycles. The zero-order valence-electron chi connectivity index (χ0n) is 9.07. The van der Waals surface area contributed by atoms with Gasteiger partial charge in [0.25, 0.3) is 0 Å². The second kappa shape index (κ2) is 4.99. The van der Waals surface area contributed by atoms with Gasteiger partial charge in [-0.3, -0.25) is 10.3 Å². The third-order valence-corrected chi connectivity index (χ3v) is 2.60. The number of benzene rings is 1. The van der Waals surface area contributed by atoms with Gasteiger partial charge in [0, 0.05) is 0 Å². The van der Waals surface area contributed by atoms with Crippen molar-refractivity contribution in [1.82, 2.24) is 5.48 Å². The number of rotatable bonds is 4. The van der Waals surface area contributed by atoms with E-state index in [1.165, 1.54) is 18.4 Å². The number of hydrogen-bond donors (Lipinski definition) is 1. The summed E-state index contributed by atoms with van der Waals surface area (Å²) in [5, 5.41) is 0. The molecule has 0 amide bonds. The topological polar surface area (TPSA) is 21.3 Å². The van der Waals surface area contributed by atoms with Crippen molar-refractivity contribution in [2.24, 2.45) is 0 Å². The molecule has 0 aliphatic carbocycles. The first-order valence-corrected chi connectivity index (χ1v) is 5.59. The van der Waals surface area contributed by atoms with Crippen LogP contribution in [-0.4, -0.2) is 6.10 Å². The number of hydrogen-bond acceptors (Lipinski definition) is 2. The van der Waals surface area contributed by atoms with Gasteiger partial charge in [0.05, 0.1) is 5.70 Å². The highest BCUT2D eigenvalue weighted by Gasteiger charge is 2.16. The van der Waals surface area contributed by atoms with Gasteiger partial charge < -0.3 is 0 Å². The Bertz CT molecular complexity index is 332. The van der Waals surface area contributed by atoms with Crippen molar-refractivity contribution in [1.29, 1.82) is 0 Å². The first-order valence-electron chi connectivity index (χ1n) is 5.59. The van der Waals surface area contributed by atoms with Crippen molar-refractivity contribution in [3.8, 4) is 0 Å². The highest BCUT2D eigenvalue weighted by atomic mass is 16.7. The number of nitrogens with one attached hydrogen (secondary N) is 1. The lowest BCUT2D eigenvalue weighted by molar-refractivity contribution is 0.0456. The molecular weight excluding hydrogens is 186 g/mol. The van der Waals surface area contributed by atoms with Crippen LogP contribution in [0.15, 0.2) is 36.4 Å². The van der Waals surface area contributed by atoms with E-state index < -0.39 is 0 Å². The zero-order chi connectivity index (χ0) is 10.5. The Morgan fingerprint density at radius 3 is 2.80 bits per heavy atom. The van der Waals surface area contributed by atoms with E-state index in [0.717, 1.165) is 12.1 Å². The van der Waals surface area contributed by atoms with E-state index >= 15 is 0 Å². The minimum atomic E-state index is 0.236. The Hall–Kier alpha value is -1.28. The van der Waals surface area contributed by atoms with Crippen LogP contribution in [-0.2, 0) is 4.84 Å². The van der Waals surface area contributed by atoms with Crippen LogP contribution < -0.4 is 5.48 Å². The highest BCUT2D eigenvalue weighted by Crippen LogP contribution is 2.20. The van der Waals surface area contributed by atoms with Gasteiger partial charge in [-0.15, -0.1) is 0 Å². The molecule has 0 saturated heterocycles. The lowest BCUT2D eigenvalue weighted by Gasteiger charge is -2.05. The summed E-state index contributed by atoms with van der Waals surface area (Å²) in [6, 6.07) is 10.3. The highest BCUT2D eigenvalue weighted by molar-refractivity contribution is 5.64. The van der Waals surface area contributed by atoms with Crippen LogP contribution in [0, 0.1) is 0 Å². The second-order valence-electron chi connectivity index (χ2n) is 3.85. The Morgan fingerprint density at radius 2 is 2.07 bits per heavy atom. The van der Waals surface area contributed by atoms with Crippen molar-refractivity contribution in [3.05, 3.63) is 42.0 Å². The average Bonchev–Trinajstić information content (AvgIpc) is 2.76. The maximum Gasteiger partial charge on any atom is 0.106 e. The molecule has 1 atom stereocenters. The van der Waals surface area contributed by atoms with Crippen LogP contribution >= 0.6 is 0 Å². The second-order valence-corrected chi connectivity index (χ2v) is 3.85. The summed E-state index contributed by atoms with van der Waals surface area (Å²) in [5.41, 5.74) is 5.28. The fourth-order valence-electron chi connectivity index (χ4n) is 1.71. The van der Waals surface area contributed by atoms with E-state index in [1.807, 2.05) is 18.2 Å². The molecule has 0 radical (unpaired) electrons. The molecule has 80 valence electrons. The largest absolute Gasteiger partial charge is 0.269 e. The SMILES string of the molecule is CCCCC1C=C(c2ccccc2)NO1. The van der Waals surface area contributed by atoms with E-state index in [4.69, 9.17) is 4.84 Å². The number of hydroxylamine groups is 1. The van der Waals surface area contributed by atoms with Gasteiger partial charge in [0.2, 0.25) is 0 Å². The minimum Gasteiger partial charge on any atom is -0.269 e. The summed E-state index contributed by atoms with van der Waals surface area (Å²) in [5.74, 6) is 0. The van der Waals surface area contributed by atoms with E-state index in [-0.39, 0.29) is 6.10 Å². The molecule has 2 heteroatoms. The molecule has 15 heavy (non-hydrogen) atoms. The van der Waals surface area contributed by atoms with E-state index in [2.05, 4.69) is 30.6 Å². The van der Waals surface area contributed by atoms with Gasteiger partial charge in [-0.25, -0.2) is 0 Å². The van der Waals surface area contributed by atoms with Crippen LogP contribution in [0.2, 0.25) is 0 Å². The van der Waals surface area contributed by atoms with Gasteiger partial charge in [-0.05, 0) is 18.1 Å². The van der Waals surface area contributed by atoms with Crippen LogP contribution in [0.5, 0.6) is 0 Å². The average molecular weight is 203 g/mol. The molecule has 0 bridgehead atoms. The first kappa shape index (κ1) is 10.2. The van der Waals surface area contributed by atoms with E-state index in [1.54, 1.807) is 0 Å². The van der Waals surface area contributed by atoms with Gasteiger partial charge in [-0.2, -0.15) is 0 Å². The Kier molecular flexibility index (Phi) is 3.41. The lowest BCUT2D eigenvalue weighted by Crippen LogP contribution is -2.11. The molecule has 0 saturated carbocycles. The fourth-order valence-corrected chi connectivity index (χ4v) is 1.71. The quantitative estimate of drug-likeness (QED) is 0.811. The molecule has 1 aliphatic heterocycles. The van der Waals surface area contributed by atoms with Crippen LogP contribution in [0.1, 0.15) is 31.7 Å². The molecule has 1 aliphatic rings. The van der Waals surface area contributed by atoms with Crippen molar-refractivity contribution >= 4 is 5.70 Å². The maximum absolute atomic E-state index is 5.48. The summed E-state index contributed by atoms with van der Waals surface area (Å²) >= 11 is 0. The molecule has 0 spiro atoms. The fraction of sp³-hybridized carbons (Fsp3) is 0.385. The Morgan fingerprint density at radius 1 is 1.27 bits per heavy atom. The molecular formula is C13H17NO. The van der Waals surface area contributed by atoms with Crippen LogP contribution in [0.25, 0.3) is 5.70 Å². The third-order valence-electron chi connectivity index (χ3n) is 2.60. The smallest absolute Gasteiger partial charge is 0.106 e. The summed E-state index contributed by atoms with van der Waals surface area (Å²) < 4.78 is 0. The molecule has 0 fully saturated rings. The van der Waals surface area contributed by atoms with Crippen molar-refractivity contribution in [2.45, 2.75) is 32.3 Å². The summed E-state index contributed by atoms with van der Waals surface area (Å²) in [6.45, 7) is 2.20. The molecule has 2 rings (SSSR count). The molecule has 1 N–H and O–H groups in total. The monoisotopic (exact) mass is 203 g/mol. The van der Waals surface area contributed by atoms with E-state index in [0.29, 0.717) is 0 Å². The normalized spacial score (nSPS) is 19.8. The van der Waals surface area contributed by atoms with Gasteiger partial charge in [0.15, 0.2) is 0 Å². The molecule has 1 heterocycles. The molecule has 1 unspecified atom stereocenters. The van der Waals surface area contributed by atoms with Gasteiger partial charge in [-0.1, -0.05) is 50.1 Å². The van der Waals surface area contributed by atoms with Crippen LogP contribution in [0.4, 0.5) is 0 Å². The maximum atomic E-state index is 5.48. The summed E-state index contributed by atoms with van der Waals surface area (Å²) in [6.07, 6.45) is 5.93. The van der Waals surface area contributed by atoms with Crippen molar-refractivity contribution < 1.29 is 4.84 Å². The van der Waals surface area contributed by atoms with Crippen LogP contribution in [0.3, 0.4) is 0 Å². The molecule has 1 aromatic carbocycles. The van der Waals surface area contributed by atoms with E-state index in [9.17, 15) is 0 Å². The Labute approximate surface area is 90.9 Å². The molecule has 1 aromatic rings. The predicted molar refractivity (Wildman–Crippen MR) is 62.0 cm³/mol. The summed E-state index contributed by atoms with van der Waals surface area (Å²) in [7, 11) is 0. The Balaban J connectivity index is 2.00. The standard InChI is InChI=1S/C13H17NO/c1-2-3-9-12-10-13(14-15-12)11-7-5-4-6-8-11/h4-8,10,12,14H,2-3,9H2,1H3. The zero-order valence-corrected chi connectivity index (χ0v) is 9.07. The third kappa shape index (κ3) is 2.60. The minimum absolute atomic E-state index is 0.236. The first-order chi connectivity index (χ1) is 7.40. The predicted octanol–water partition coefficient (Wildman–Crippen LogP) is 3.12. The molecule has 2 nitrogen and oxygen atoms in total. The van der Waals surface area contributed by atoms with Gasteiger partial charge >= 0.3 is 0 Å². The van der Waals surface area contributed by atoms with Crippen molar-refractivity contribution in [3.63, 3.8) is 0 Å². The number of unbranched alkanes of at least 4 members (excludes halogenated alkanes) is 1. The van der Waals surface area contributed by atoms with Crippen molar-refractivity contribution in [2.75, 3.05) is 0 Å². The summed E-state index contributed by atoms with van der Waals surface area (Å²) in [4.78, 5) is 5.48. The van der Waals surface area contributed by atoms with Gasteiger partial charge in [0.1, 0.15) is 6.10 Å². The lowest BCUT2D eigenvalue weighted by atomic mass is 10.1.